The van der Waals surface area contributed by atoms with Crippen molar-refractivity contribution >= 4 is 0 Å². The Morgan fingerprint density at radius 2 is 2.07 bits per heavy atom. The molecule has 0 N–H and O–H groups in total. The molecule has 0 fully saturated rings. The van der Waals surface area contributed by atoms with Crippen LogP contribution in [0.5, 0.6) is 0 Å². The first kappa shape index (κ1) is 6.56. The largest absolute Gasteiger partial charge is 0.416 e. The first-order chi connectivity index (χ1) is 8.46. The molecule has 1 aliphatic rings. The predicted molar refractivity (Wildman–Crippen MR) is 52.6 cm³/mol. The second-order valence-corrected chi connectivity index (χ2v) is 3.62. The van der Waals surface area contributed by atoms with E-state index in [2.05, 4.69) is 0 Å². The van der Waals surface area contributed by atoms with Crippen LogP contribution in [0.25, 0.3) is 0 Å². The molecule has 82 valence electrons. The summed E-state index contributed by atoms with van der Waals surface area (Å²) in [6, 6.07) is 2.84. The van der Waals surface area contributed by atoms with Crippen LogP contribution in [0, 0.1) is 5.92 Å². The monoisotopic (exact) mass is 218 g/mol. The van der Waals surface area contributed by atoms with Crippen LogP contribution in [0.15, 0.2) is 18.2 Å². The number of hydrogen-bond acceptors (Lipinski definition) is 0. The van der Waals surface area contributed by atoms with Crippen LogP contribution in [0.1, 0.15) is 35.5 Å². The van der Waals surface area contributed by atoms with Gasteiger partial charge in [0.25, 0.3) is 0 Å². The molecule has 0 heterocycles. The zero-order valence-corrected chi connectivity index (χ0v) is 8.15. The van der Waals surface area contributed by atoms with Crippen molar-refractivity contribution in [1.29, 1.82) is 0 Å². The van der Waals surface area contributed by atoms with Crippen molar-refractivity contribution in [3.8, 4) is 0 Å². The smallest absolute Gasteiger partial charge is 0.166 e. The van der Waals surface area contributed by atoms with Crippen LogP contribution in [0.4, 0.5) is 13.2 Å². The van der Waals surface area contributed by atoms with Gasteiger partial charge in [-0.3, -0.25) is 0 Å². The molecule has 1 aromatic carbocycles. The van der Waals surface area contributed by atoms with E-state index in [0.717, 1.165) is 18.2 Å². The fourth-order valence-electron chi connectivity index (χ4n) is 1.60. The molecule has 0 bridgehead atoms. The highest BCUT2D eigenvalue weighted by molar-refractivity contribution is 5.35. The van der Waals surface area contributed by atoms with Crippen molar-refractivity contribution in [2.45, 2.75) is 32.3 Å². The molecule has 0 spiro atoms. The molecule has 1 atom stereocenters. The van der Waals surface area contributed by atoms with Crippen molar-refractivity contribution in [3.63, 3.8) is 0 Å². The number of hydrogen-bond donors (Lipinski definition) is 0. The normalized spacial score (nSPS) is 31.9. The Kier molecular flexibility index (Phi) is 1.55. The zero-order chi connectivity index (χ0) is 14.6. The Hall–Kier alpha value is -0.990. The lowest BCUT2D eigenvalue weighted by molar-refractivity contribution is -0.137. The van der Waals surface area contributed by atoms with Crippen molar-refractivity contribution in [3.05, 3.63) is 34.9 Å². The minimum Gasteiger partial charge on any atom is -0.166 e. The minimum atomic E-state index is -4.50. The third kappa shape index (κ3) is 2.16. The number of alkyl halides is 3. The Morgan fingerprint density at radius 3 is 2.73 bits per heavy atom. The van der Waals surface area contributed by atoms with E-state index in [1.54, 1.807) is 0 Å². The van der Waals surface area contributed by atoms with Gasteiger partial charge in [-0.05, 0) is 48.3 Å². The molecule has 0 radical (unpaired) electrons. The highest BCUT2D eigenvalue weighted by atomic mass is 19.4. The van der Waals surface area contributed by atoms with Crippen molar-refractivity contribution in [1.82, 2.24) is 0 Å². The molecule has 0 saturated carbocycles. The van der Waals surface area contributed by atoms with E-state index in [0.29, 0.717) is 0 Å². The summed E-state index contributed by atoms with van der Waals surface area (Å²) in [6.45, 7) is 1.45. The van der Waals surface area contributed by atoms with Crippen LogP contribution in [0.2, 0.25) is 0 Å². The molecular weight excluding hydrogens is 201 g/mol. The first-order valence-corrected chi connectivity index (χ1v) is 4.67. The third-order valence-electron chi connectivity index (χ3n) is 2.40. The van der Waals surface area contributed by atoms with Crippen LogP contribution >= 0.6 is 0 Å². The lowest BCUT2D eigenvalue weighted by Gasteiger charge is -2.22. The standard InChI is InChI=1S/C12H13F3/c1-8-2-3-10-7-11(12(13,14)15)5-4-9(10)6-8/h4-5,7-8H,2-3,6H2,1H3/i2D2,6D2. The average Bonchev–Trinajstić information content (AvgIpc) is 2.24. The number of fused-ring (bicyclic) bond motifs is 1. The van der Waals surface area contributed by atoms with Crippen LogP contribution in [0.3, 0.4) is 0 Å². The maximum absolute atomic E-state index is 12.6. The molecule has 0 aromatic heterocycles. The van der Waals surface area contributed by atoms with Crippen molar-refractivity contribution in [2.24, 2.45) is 5.92 Å². The summed E-state index contributed by atoms with van der Waals surface area (Å²) in [5, 5.41) is 0. The van der Waals surface area contributed by atoms with Gasteiger partial charge in [0.05, 0.1) is 5.56 Å². The molecule has 0 saturated heterocycles. The molecule has 0 aliphatic heterocycles. The van der Waals surface area contributed by atoms with Crippen LogP contribution < -0.4 is 0 Å². The van der Waals surface area contributed by atoms with Gasteiger partial charge in [-0.25, -0.2) is 0 Å². The SMILES string of the molecule is [2H]C1([2H])Cc2cc(C(F)(F)F)ccc2C([2H])([2H])C1C. The second-order valence-electron chi connectivity index (χ2n) is 3.62. The summed E-state index contributed by atoms with van der Waals surface area (Å²) in [7, 11) is 0. The van der Waals surface area contributed by atoms with E-state index in [1.165, 1.54) is 6.92 Å². The molecule has 15 heavy (non-hydrogen) atoms. The van der Waals surface area contributed by atoms with Gasteiger partial charge >= 0.3 is 6.18 Å². The van der Waals surface area contributed by atoms with Gasteiger partial charge in [0.15, 0.2) is 0 Å². The number of benzene rings is 1. The Labute approximate surface area is 92.7 Å². The molecule has 1 aliphatic carbocycles. The minimum absolute atomic E-state index is 0.0999. The second kappa shape index (κ2) is 3.54. The Balaban J connectivity index is 2.58. The van der Waals surface area contributed by atoms with Gasteiger partial charge in [-0.15, -0.1) is 0 Å². The van der Waals surface area contributed by atoms with Gasteiger partial charge in [-0.2, -0.15) is 13.2 Å². The molecule has 3 heteroatoms. The van der Waals surface area contributed by atoms with E-state index in [1.807, 2.05) is 0 Å². The van der Waals surface area contributed by atoms with Crippen LogP contribution in [-0.2, 0) is 19.0 Å². The summed E-state index contributed by atoms with van der Waals surface area (Å²) < 4.78 is 69.4. The molecule has 1 aromatic rings. The van der Waals surface area contributed by atoms with Crippen molar-refractivity contribution < 1.29 is 18.7 Å². The highest BCUT2D eigenvalue weighted by Gasteiger charge is 2.31. The predicted octanol–water partition coefficient (Wildman–Crippen LogP) is 3.83. The summed E-state index contributed by atoms with van der Waals surface area (Å²) in [5.41, 5.74) is -0.613. The summed E-state index contributed by atoms with van der Waals surface area (Å²) >= 11 is 0. The van der Waals surface area contributed by atoms with E-state index in [4.69, 9.17) is 5.48 Å². The maximum atomic E-state index is 12.6. The molecule has 2 rings (SSSR count). The highest BCUT2D eigenvalue weighted by Crippen LogP contribution is 2.33. The van der Waals surface area contributed by atoms with Gasteiger partial charge in [0.2, 0.25) is 0 Å². The average molecular weight is 218 g/mol. The van der Waals surface area contributed by atoms with E-state index < -0.39 is 30.4 Å². The fraction of sp³-hybridized carbons (Fsp3) is 0.500. The molecule has 0 nitrogen and oxygen atoms in total. The van der Waals surface area contributed by atoms with E-state index in [9.17, 15) is 13.2 Å². The number of rotatable bonds is 0. The quantitative estimate of drug-likeness (QED) is 0.620. The van der Waals surface area contributed by atoms with Gasteiger partial charge in [0.1, 0.15) is 0 Å². The van der Waals surface area contributed by atoms with E-state index >= 15 is 0 Å². The zero-order valence-electron chi connectivity index (χ0n) is 12.2. The van der Waals surface area contributed by atoms with Gasteiger partial charge in [-0.1, -0.05) is 13.0 Å². The van der Waals surface area contributed by atoms with E-state index in [-0.39, 0.29) is 17.5 Å². The fourth-order valence-corrected chi connectivity index (χ4v) is 1.60. The van der Waals surface area contributed by atoms with Gasteiger partial charge in [0, 0.05) is 5.48 Å². The Morgan fingerprint density at radius 1 is 1.33 bits per heavy atom. The maximum Gasteiger partial charge on any atom is 0.416 e. The molecule has 0 amide bonds. The number of aryl methyl sites for hydroxylation is 1. The van der Waals surface area contributed by atoms with Gasteiger partial charge < -0.3 is 0 Å². The molecule has 1 unspecified atom stereocenters. The lowest BCUT2D eigenvalue weighted by Crippen LogP contribution is -2.13. The topological polar surface area (TPSA) is 0 Å². The molecular formula is C12H13F3. The summed E-state index contributed by atoms with van der Waals surface area (Å²) in [6.07, 6.45) is -8.54. The first-order valence-electron chi connectivity index (χ1n) is 6.67. The van der Waals surface area contributed by atoms with Crippen molar-refractivity contribution in [2.75, 3.05) is 0 Å². The third-order valence-corrected chi connectivity index (χ3v) is 2.40. The summed E-state index contributed by atoms with van der Waals surface area (Å²) in [4.78, 5) is 0. The number of halogens is 3. The summed E-state index contributed by atoms with van der Waals surface area (Å²) in [5.74, 6) is -0.913. The lowest BCUT2D eigenvalue weighted by atomic mass is 9.84. The van der Waals surface area contributed by atoms with Crippen LogP contribution in [-0.4, -0.2) is 0 Å². The Bertz CT molecular complexity index is 508.